The van der Waals surface area contributed by atoms with E-state index in [1.54, 1.807) is 7.11 Å². The van der Waals surface area contributed by atoms with E-state index in [0.29, 0.717) is 38.2 Å². The lowest BCUT2D eigenvalue weighted by molar-refractivity contribution is -0.170. The SMILES string of the molecule is COc1ccc2[nH]c(C(=O)N3CCC4(CC3)CC(C)(O)CCO4)cc2c1. The number of likely N-dealkylation sites (tertiary alicyclic amines) is 1. The number of nitrogens with one attached hydrogen (secondary N) is 1. The van der Waals surface area contributed by atoms with Gasteiger partial charge in [0.1, 0.15) is 11.4 Å². The van der Waals surface area contributed by atoms with Crippen LogP contribution in [0.15, 0.2) is 24.3 Å². The Morgan fingerprint density at radius 1 is 1.27 bits per heavy atom. The second kappa shape index (κ2) is 6.28. The normalized spacial score (nSPS) is 25.6. The molecule has 2 aromatic rings. The van der Waals surface area contributed by atoms with Gasteiger partial charge >= 0.3 is 0 Å². The minimum atomic E-state index is -0.666. The van der Waals surface area contributed by atoms with Crippen molar-refractivity contribution in [2.24, 2.45) is 0 Å². The van der Waals surface area contributed by atoms with E-state index >= 15 is 0 Å². The Bertz CT molecular complexity index is 818. The van der Waals surface area contributed by atoms with Crippen LogP contribution in [0.3, 0.4) is 0 Å². The third-order valence-electron chi connectivity index (χ3n) is 5.77. The number of carbonyl (C=O) groups excluding carboxylic acids is 1. The quantitative estimate of drug-likeness (QED) is 0.866. The average molecular weight is 358 g/mol. The number of aromatic amines is 1. The van der Waals surface area contributed by atoms with Crippen molar-refractivity contribution in [2.75, 3.05) is 26.8 Å². The lowest BCUT2D eigenvalue weighted by Crippen LogP contribution is -2.54. The first kappa shape index (κ1) is 17.4. The molecule has 0 saturated carbocycles. The maximum Gasteiger partial charge on any atom is 0.270 e. The van der Waals surface area contributed by atoms with E-state index in [0.717, 1.165) is 29.5 Å². The Kier molecular flexibility index (Phi) is 4.20. The summed E-state index contributed by atoms with van der Waals surface area (Å²) in [6, 6.07) is 7.61. The number of benzene rings is 1. The summed E-state index contributed by atoms with van der Waals surface area (Å²) >= 11 is 0. The number of aliphatic hydroxyl groups is 1. The molecule has 1 atom stereocenters. The number of rotatable bonds is 2. The molecule has 6 nitrogen and oxygen atoms in total. The van der Waals surface area contributed by atoms with Gasteiger partial charge in [-0.1, -0.05) is 0 Å². The number of hydrogen-bond donors (Lipinski definition) is 2. The standard InChI is InChI=1S/C20H26N2O4/c1-19(24)7-10-26-20(13-19)5-8-22(9-6-20)18(23)17-12-14-11-15(25-2)3-4-16(14)21-17/h3-4,11-12,21,24H,5-10,13H2,1-2H3. The lowest BCUT2D eigenvalue weighted by Gasteiger charge is -2.48. The largest absolute Gasteiger partial charge is 0.497 e. The molecule has 0 aliphatic carbocycles. The summed E-state index contributed by atoms with van der Waals surface area (Å²) in [4.78, 5) is 18.0. The molecule has 4 rings (SSSR count). The molecule has 1 aromatic carbocycles. The molecule has 2 aliphatic rings. The summed E-state index contributed by atoms with van der Waals surface area (Å²) < 4.78 is 11.3. The predicted molar refractivity (Wildman–Crippen MR) is 98.5 cm³/mol. The summed E-state index contributed by atoms with van der Waals surface area (Å²) in [7, 11) is 1.63. The van der Waals surface area contributed by atoms with Crippen LogP contribution in [-0.2, 0) is 4.74 Å². The first-order chi connectivity index (χ1) is 12.4. The highest BCUT2D eigenvalue weighted by atomic mass is 16.5. The molecule has 0 bridgehead atoms. The molecule has 0 radical (unpaired) electrons. The Morgan fingerprint density at radius 3 is 2.73 bits per heavy atom. The molecule has 2 N–H and O–H groups in total. The van der Waals surface area contributed by atoms with Crippen molar-refractivity contribution in [3.05, 3.63) is 30.0 Å². The number of H-pyrrole nitrogens is 1. The van der Waals surface area contributed by atoms with Crippen molar-refractivity contribution >= 4 is 16.8 Å². The molecule has 3 heterocycles. The minimum Gasteiger partial charge on any atom is -0.497 e. The summed E-state index contributed by atoms with van der Waals surface area (Å²) in [6.07, 6.45) is 2.86. The Morgan fingerprint density at radius 2 is 2.04 bits per heavy atom. The van der Waals surface area contributed by atoms with Gasteiger partial charge in [0.25, 0.3) is 5.91 Å². The first-order valence-corrected chi connectivity index (χ1v) is 9.22. The Balaban J connectivity index is 1.47. The van der Waals surface area contributed by atoms with E-state index in [1.165, 1.54) is 0 Å². The van der Waals surface area contributed by atoms with Gasteiger partial charge in [-0.2, -0.15) is 0 Å². The van der Waals surface area contributed by atoms with Gasteiger partial charge in [-0.15, -0.1) is 0 Å². The number of piperidine rings is 1. The fourth-order valence-corrected chi connectivity index (χ4v) is 4.28. The maximum atomic E-state index is 12.9. The van der Waals surface area contributed by atoms with E-state index in [1.807, 2.05) is 36.1 Å². The van der Waals surface area contributed by atoms with Gasteiger partial charge in [-0.25, -0.2) is 0 Å². The molecule has 6 heteroatoms. The van der Waals surface area contributed by atoms with Crippen LogP contribution in [0.1, 0.15) is 43.1 Å². The van der Waals surface area contributed by atoms with E-state index in [9.17, 15) is 9.90 Å². The summed E-state index contributed by atoms with van der Waals surface area (Å²) in [5.74, 6) is 0.787. The van der Waals surface area contributed by atoms with Crippen molar-refractivity contribution in [1.29, 1.82) is 0 Å². The smallest absolute Gasteiger partial charge is 0.270 e. The van der Waals surface area contributed by atoms with Crippen molar-refractivity contribution in [3.63, 3.8) is 0 Å². The topological polar surface area (TPSA) is 74.8 Å². The van der Waals surface area contributed by atoms with Gasteiger partial charge in [-0.3, -0.25) is 4.79 Å². The zero-order chi connectivity index (χ0) is 18.4. The molecule has 1 aromatic heterocycles. The van der Waals surface area contributed by atoms with Crippen molar-refractivity contribution in [3.8, 4) is 5.75 Å². The fourth-order valence-electron chi connectivity index (χ4n) is 4.28. The van der Waals surface area contributed by atoms with Crippen LogP contribution in [-0.4, -0.2) is 58.9 Å². The lowest BCUT2D eigenvalue weighted by atomic mass is 9.78. The van der Waals surface area contributed by atoms with E-state index in [-0.39, 0.29) is 11.5 Å². The van der Waals surface area contributed by atoms with Crippen molar-refractivity contribution in [2.45, 2.75) is 43.8 Å². The number of ether oxygens (including phenoxy) is 2. The molecule has 2 saturated heterocycles. The Labute approximate surface area is 153 Å². The number of hydrogen-bond acceptors (Lipinski definition) is 4. The Hall–Kier alpha value is -2.05. The van der Waals surface area contributed by atoms with E-state index in [2.05, 4.69) is 4.98 Å². The molecule has 1 spiro atoms. The van der Waals surface area contributed by atoms with Crippen LogP contribution >= 0.6 is 0 Å². The molecule has 1 amide bonds. The molecule has 1 unspecified atom stereocenters. The third kappa shape index (κ3) is 3.19. The molecule has 2 fully saturated rings. The van der Waals surface area contributed by atoms with Crippen LogP contribution in [0.4, 0.5) is 0 Å². The molecular formula is C20H26N2O4. The van der Waals surface area contributed by atoms with Gasteiger partial charge in [0.05, 0.1) is 24.9 Å². The highest BCUT2D eigenvalue weighted by Gasteiger charge is 2.45. The summed E-state index contributed by atoms with van der Waals surface area (Å²) in [6.45, 7) is 3.76. The van der Waals surface area contributed by atoms with Gasteiger partial charge in [0.15, 0.2) is 0 Å². The number of nitrogens with zero attached hydrogens (tertiary/aromatic N) is 1. The molecule has 26 heavy (non-hydrogen) atoms. The predicted octanol–water partition coefficient (Wildman–Crippen LogP) is 2.71. The molecular weight excluding hydrogens is 332 g/mol. The first-order valence-electron chi connectivity index (χ1n) is 9.22. The second-order valence-corrected chi connectivity index (χ2v) is 7.88. The van der Waals surface area contributed by atoms with Crippen molar-refractivity contribution in [1.82, 2.24) is 9.88 Å². The van der Waals surface area contributed by atoms with E-state index in [4.69, 9.17) is 9.47 Å². The highest BCUT2D eigenvalue weighted by Crippen LogP contribution is 2.39. The molecule has 2 aliphatic heterocycles. The fraction of sp³-hybridized carbons (Fsp3) is 0.550. The number of aromatic nitrogens is 1. The second-order valence-electron chi connectivity index (χ2n) is 7.88. The number of amides is 1. The average Bonchev–Trinajstić information content (AvgIpc) is 3.04. The minimum absolute atomic E-state index is 0.0117. The summed E-state index contributed by atoms with van der Waals surface area (Å²) in [5, 5.41) is 11.4. The van der Waals surface area contributed by atoms with Crippen LogP contribution in [0.25, 0.3) is 10.9 Å². The van der Waals surface area contributed by atoms with Gasteiger partial charge < -0.3 is 24.5 Å². The van der Waals surface area contributed by atoms with Crippen molar-refractivity contribution < 1.29 is 19.4 Å². The number of carbonyl (C=O) groups is 1. The van der Waals surface area contributed by atoms with Crippen LogP contribution in [0, 0.1) is 0 Å². The zero-order valence-electron chi connectivity index (χ0n) is 15.4. The van der Waals surface area contributed by atoms with E-state index < -0.39 is 5.60 Å². The van der Waals surface area contributed by atoms with Gasteiger partial charge in [0.2, 0.25) is 0 Å². The zero-order valence-corrected chi connectivity index (χ0v) is 15.4. The number of fused-ring (bicyclic) bond motifs is 1. The maximum absolute atomic E-state index is 12.9. The van der Waals surface area contributed by atoms with Gasteiger partial charge in [0, 0.05) is 30.4 Å². The van der Waals surface area contributed by atoms with Crippen LogP contribution < -0.4 is 4.74 Å². The third-order valence-corrected chi connectivity index (χ3v) is 5.77. The van der Waals surface area contributed by atoms with Gasteiger partial charge in [-0.05, 0) is 50.5 Å². The molecule has 140 valence electrons. The van der Waals surface area contributed by atoms with Crippen LogP contribution in [0.5, 0.6) is 5.75 Å². The van der Waals surface area contributed by atoms with Crippen LogP contribution in [0.2, 0.25) is 0 Å². The highest BCUT2D eigenvalue weighted by molar-refractivity contribution is 5.98. The monoisotopic (exact) mass is 358 g/mol. The summed E-state index contributed by atoms with van der Waals surface area (Å²) in [5.41, 5.74) is 0.572. The number of methoxy groups -OCH3 is 1.